The Morgan fingerprint density at radius 2 is 1.89 bits per heavy atom. The van der Waals surface area contributed by atoms with Gasteiger partial charge in [-0.3, -0.25) is 4.79 Å². The van der Waals surface area contributed by atoms with Gasteiger partial charge in [-0.1, -0.05) is 18.6 Å². The van der Waals surface area contributed by atoms with Crippen molar-refractivity contribution in [2.75, 3.05) is 13.6 Å². The van der Waals surface area contributed by atoms with Gasteiger partial charge in [0.1, 0.15) is 4.90 Å². The Labute approximate surface area is 172 Å². The Morgan fingerprint density at radius 1 is 1.25 bits per heavy atom. The molecule has 7 nitrogen and oxygen atoms in total. The third kappa shape index (κ3) is 3.90. The number of nitrogens with one attached hydrogen (secondary N) is 1. The van der Waals surface area contributed by atoms with Crippen LogP contribution < -0.4 is 11.1 Å². The zero-order valence-electron chi connectivity index (χ0n) is 15.9. The zero-order chi connectivity index (χ0) is 19.2. The van der Waals surface area contributed by atoms with Crippen molar-refractivity contribution in [3.05, 3.63) is 29.8 Å². The molecule has 1 aromatic carbocycles. The first-order chi connectivity index (χ1) is 12.8. The van der Waals surface area contributed by atoms with Crippen LogP contribution >= 0.6 is 12.4 Å². The molecular formula is C19H27ClN4O3S. The van der Waals surface area contributed by atoms with Gasteiger partial charge >= 0.3 is 0 Å². The minimum atomic E-state index is -3.68. The van der Waals surface area contributed by atoms with Gasteiger partial charge in [0.15, 0.2) is 5.84 Å². The van der Waals surface area contributed by atoms with E-state index in [1.807, 2.05) is 0 Å². The standard InChI is InChI=1S/C19H26N4O3S.ClH/c1-23(19-15-7-2-3-8-16(15)27(25,26)22-19)11-17(24)21-18-12-5-4-6-13(18)10-14(20)9-12;/h2-3,7-8,12-14,18H,4-6,9-11,20H2,1H3,(H,21,24);1H. The van der Waals surface area contributed by atoms with Crippen molar-refractivity contribution in [1.82, 2.24) is 10.2 Å². The number of hydrogen-bond acceptors (Lipinski definition) is 5. The Balaban J connectivity index is 0.00000225. The molecule has 1 amide bonds. The highest BCUT2D eigenvalue weighted by Crippen LogP contribution is 2.39. The van der Waals surface area contributed by atoms with Crippen LogP contribution in [0.3, 0.4) is 0 Å². The fourth-order valence-electron chi connectivity index (χ4n) is 4.91. The Hall–Kier alpha value is -1.64. The number of rotatable bonds is 3. The maximum absolute atomic E-state index is 12.7. The number of carbonyl (C=O) groups is 1. The highest BCUT2D eigenvalue weighted by molar-refractivity contribution is 7.90. The Kier molecular flexibility index (Phi) is 6.03. The molecule has 9 heteroatoms. The zero-order valence-corrected chi connectivity index (χ0v) is 17.5. The first-order valence-corrected chi connectivity index (χ1v) is 11.0. The molecule has 1 heterocycles. The topological polar surface area (TPSA) is 105 Å². The average Bonchev–Trinajstić information content (AvgIpc) is 2.88. The molecule has 3 aliphatic rings. The van der Waals surface area contributed by atoms with Crippen molar-refractivity contribution < 1.29 is 13.2 Å². The monoisotopic (exact) mass is 426 g/mol. The molecule has 0 aromatic heterocycles. The van der Waals surface area contributed by atoms with Gasteiger partial charge in [0.25, 0.3) is 10.0 Å². The smallest absolute Gasteiger partial charge is 0.285 e. The van der Waals surface area contributed by atoms with Gasteiger partial charge in [-0.15, -0.1) is 16.8 Å². The van der Waals surface area contributed by atoms with Crippen LogP contribution in [0.1, 0.15) is 37.7 Å². The molecule has 1 aliphatic heterocycles. The minimum Gasteiger partial charge on any atom is -0.351 e. The number of amides is 1. The molecule has 2 bridgehead atoms. The number of hydrogen-bond donors (Lipinski definition) is 2. The Morgan fingerprint density at radius 3 is 2.57 bits per heavy atom. The molecule has 0 spiro atoms. The van der Waals surface area contributed by atoms with Crippen molar-refractivity contribution in [2.45, 2.75) is 49.1 Å². The number of amidine groups is 1. The van der Waals surface area contributed by atoms with Gasteiger partial charge in [0.05, 0.1) is 6.54 Å². The second-order valence-electron chi connectivity index (χ2n) is 8.02. The summed E-state index contributed by atoms with van der Waals surface area (Å²) in [5, 5.41) is 3.20. The van der Waals surface area contributed by atoms with Crippen LogP contribution in [0.5, 0.6) is 0 Å². The van der Waals surface area contributed by atoms with Crippen molar-refractivity contribution >= 4 is 34.2 Å². The highest BCUT2D eigenvalue weighted by Gasteiger charge is 2.40. The van der Waals surface area contributed by atoms with Crippen LogP contribution in [0.25, 0.3) is 0 Å². The lowest BCUT2D eigenvalue weighted by Crippen LogP contribution is -2.55. The molecule has 2 unspecified atom stereocenters. The number of benzene rings is 1. The van der Waals surface area contributed by atoms with Crippen LogP contribution in [-0.4, -0.2) is 50.7 Å². The van der Waals surface area contributed by atoms with Gasteiger partial charge in [-0.25, -0.2) is 0 Å². The lowest BCUT2D eigenvalue weighted by Gasteiger charge is -2.45. The van der Waals surface area contributed by atoms with Gasteiger partial charge < -0.3 is 16.0 Å². The third-order valence-electron chi connectivity index (χ3n) is 6.06. The molecule has 0 saturated heterocycles. The predicted octanol–water partition coefficient (Wildman–Crippen LogP) is 1.51. The van der Waals surface area contributed by atoms with Crippen molar-refractivity contribution in [1.29, 1.82) is 0 Å². The molecule has 4 rings (SSSR count). The number of fused-ring (bicyclic) bond motifs is 3. The molecular weight excluding hydrogens is 400 g/mol. The van der Waals surface area contributed by atoms with Crippen molar-refractivity contribution in [3.8, 4) is 0 Å². The van der Waals surface area contributed by atoms with Crippen molar-refractivity contribution in [3.63, 3.8) is 0 Å². The third-order valence-corrected chi connectivity index (χ3v) is 7.38. The summed E-state index contributed by atoms with van der Waals surface area (Å²) in [6, 6.07) is 7.14. The second kappa shape index (κ2) is 8.00. The summed E-state index contributed by atoms with van der Waals surface area (Å²) in [4.78, 5) is 14.5. The van der Waals surface area contributed by atoms with Crippen LogP contribution in [0.4, 0.5) is 0 Å². The van der Waals surface area contributed by atoms with E-state index >= 15 is 0 Å². The molecule has 2 atom stereocenters. The van der Waals surface area contributed by atoms with E-state index in [1.54, 1.807) is 36.2 Å². The fraction of sp³-hybridized carbons (Fsp3) is 0.579. The quantitative estimate of drug-likeness (QED) is 0.762. The summed E-state index contributed by atoms with van der Waals surface area (Å²) < 4.78 is 28.3. The van der Waals surface area contributed by atoms with E-state index < -0.39 is 10.0 Å². The number of likely N-dealkylation sites (N-methyl/N-ethyl adjacent to an activating group) is 1. The van der Waals surface area contributed by atoms with Gasteiger partial charge in [0.2, 0.25) is 5.91 Å². The normalized spacial score (nSPS) is 29.9. The van der Waals surface area contributed by atoms with Crippen LogP contribution in [0, 0.1) is 11.8 Å². The Bertz CT molecular complexity index is 875. The molecule has 2 fully saturated rings. The summed E-state index contributed by atoms with van der Waals surface area (Å²) in [6.45, 7) is 0.0741. The average molecular weight is 427 g/mol. The second-order valence-corrected chi connectivity index (χ2v) is 9.59. The van der Waals surface area contributed by atoms with Crippen LogP contribution in [-0.2, 0) is 14.8 Å². The number of carbonyl (C=O) groups excluding carboxylic acids is 1. The predicted molar refractivity (Wildman–Crippen MR) is 110 cm³/mol. The maximum Gasteiger partial charge on any atom is 0.285 e. The summed E-state index contributed by atoms with van der Waals surface area (Å²) in [5.74, 6) is 1.13. The van der Waals surface area contributed by atoms with E-state index in [-0.39, 0.29) is 41.8 Å². The van der Waals surface area contributed by atoms with Gasteiger partial charge in [-0.2, -0.15) is 8.42 Å². The fourth-order valence-corrected chi connectivity index (χ4v) is 6.16. The molecule has 154 valence electrons. The van der Waals surface area contributed by atoms with Crippen LogP contribution in [0.15, 0.2) is 33.6 Å². The SMILES string of the molecule is CN(CC(=O)NC1C2CCCC1CC(N)C2)C1=NS(=O)(=O)c2ccccc21.Cl. The molecule has 1 aromatic rings. The minimum absolute atomic E-state index is 0. The van der Waals surface area contributed by atoms with E-state index in [1.165, 1.54) is 6.42 Å². The summed E-state index contributed by atoms with van der Waals surface area (Å²) in [6.07, 6.45) is 5.37. The number of nitrogens with two attached hydrogens (primary N) is 1. The summed E-state index contributed by atoms with van der Waals surface area (Å²) in [5.41, 5.74) is 6.71. The van der Waals surface area contributed by atoms with E-state index in [9.17, 15) is 13.2 Å². The van der Waals surface area contributed by atoms with E-state index in [0.717, 1.165) is 25.7 Å². The van der Waals surface area contributed by atoms with Crippen molar-refractivity contribution in [2.24, 2.45) is 22.0 Å². The molecule has 2 aliphatic carbocycles. The molecule has 2 saturated carbocycles. The lowest BCUT2D eigenvalue weighted by atomic mass is 9.67. The summed E-state index contributed by atoms with van der Waals surface area (Å²) >= 11 is 0. The van der Waals surface area contributed by atoms with Gasteiger partial charge in [-0.05, 0) is 49.7 Å². The number of halogens is 1. The highest BCUT2D eigenvalue weighted by atomic mass is 35.5. The maximum atomic E-state index is 12.7. The first kappa shape index (κ1) is 21.1. The number of nitrogens with zero attached hydrogens (tertiary/aromatic N) is 2. The van der Waals surface area contributed by atoms with Crippen LogP contribution in [0.2, 0.25) is 0 Å². The van der Waals surface area contributed by atoms with E-state index in [2.05, 4.69) is 9.71 Å². The lowest BCUT2D eigenvalue weighted by molar-refractivity contribution is -0.123. The summed E-state index contributed by atoms with van der Waals surface area (Å²) in [7, 11) is -1.98. The molecule has 3 N–H and O–H groups in total. The molecule has 28 heavy (non-hydrogen) atoms. The number of sulfonamides is 1. The van der Waals surface area contributed by atoms with E-state index in [0.29, 0.717) is 23.2 Å². The van der Waals surface area contributed by atoms with E-state index in [4.69, 9.17) is 5.73 Å². The first-order valence-electron chi connectivity index (χ1n) is 9.55. The van der Waals surface area contributed by atoms with Gasteiger partial charge in [0, 0.05) is 24.7 Å². The largest absolute Gasteiger partial charge is 0.351 e. The molecule has 0 radical (unpaired) electrons.